The summed E-state index contributed by atoms with van der Waals surface area (Å²) in [4.78, 5) is 33.2. The quantitative estimate of drug-likeness (QED) is 0.332. The van der Waals surface area contributed by atoms with Crippen molar-refractivity contribution in [2.24, 2.45) is 5.73 Å². The molecule has 3 aromatic rings. The second kappa shape index (κ2) is 10.5. The first-order valence-electron chi connectivity index (χ1n) is 11.7. The minimum absolute atomic E-state index is 0.0949. The van der Waals surface area contributed by atoms with Crippen LogP contribution < -0.4 is 21.7 Å². The van der Waals surface area contributed by atoms with Crippen LogP contribution in [0.1, 0.15) is 52.1 Å². The van der Waals surface area contributed by atoms with Gasteiger partial charge in [0.2, 0.25) is 0 Å². The Bertz CT molecular complexity index is 1270. The predicted octanol–water partition coefficient (Wildman–Crippen LogP) is 3.72. The molecule has 2 aromatic heterocycles. The lowest BCUT2D eigenvalue weighted by Gasteiger charge is -2.17. The number of carbonyl (C=O) groups excluding carboxylic acids is 2. The lowest BCUT2D eigenvalue weighted by atomic mass is 9.96. The number of aromatic nitrogens is 2. The second-order valence-electron chi connectivity index (χ2n) is 8.64. The van der Waals surface area contributed by atoms with Gasteiger partial charge in [0.05, 0.1) is 22.3 Å². The molecule has 0 spiro atoms. The highest BCUT2D eigenvalue weighted by atomic mass is 19.4. The molecular weight excluding hydrogens is 473 g/mol. The maximum atomic E-state index is 14.0. The zero-order valence-corrected chi connectivity index (χ0v) is 19.7. The summed E-state index contributed by atoms with van der Waals surface area (Å²) in [6, 6.07) is 5.24. The van der Waals surface area contributed by atoms with Gasteiger partial charge >= 0.3 is 6.18 Å². The molecule has 1 fully saturated rings. The Balaban J connectivity index is 1.73. The van der Waals surface area contributed by atoms with Gasteiger partial charge in [-0.25, -0.2) is 0 Å². The van der Waals surface area contributed by atoms with E-state index in [9.17, 15) is 22.8 Å². The number of amides is 2. The fraction of sp³-hybridized carbons (Fsp3) is 0.360. The van der Waals surface area contributed by atoms with E-state index in [4.69, 9.17) is 5.73 Å². The van der Waals surface area contributed by atoms with Crippen molar-refractivity contribution < 1.29 is 22.8 Å². The number of nitrogens with zero attached hydrogens (tertiary/aromatic N) is 2. The highest BCUT2D eigenvalue weighted by Crippen LogP contribution is 2.41. The summed E-state index contributed by atoms with van der Waals surface area (Å²) < 4.78 is 42.0. The summed E-state index contributed by atoms with van der Waals surface area (Å²) >= 11 is 0. The molecule has 2 heterocycles. The molecule has 1 aromatic carbocycles. The van der Waals surface area contributed by atoms with E-state index in [0.717, 1.165) is 31.7 Å². The third-order valence-corrected chi connectivity index (χ3v) is 5.94. The van der Waals surface area contributed by atoms with Crippen LogP contribution >= 0.6 is 0 Å². The fourth-order valence-corrected chi connectivity index (χ4v) is 3.89. The van der Waals surface area contributed by atoms with E-state index >= 15 is 0 Å². The summed E-state index contributed by atoms with van der Waals surface area (Å²) in [5, 5.41) is 8.90. The van der Waals surface area contributed by atoms with Crippen molar-refractivity contribution in [3.63, 3.8) is 0 Å². The summed E-state index contributed by atoms with van der Waals surface area (Å²) in [5.41, 5.74) is 5.43. The van der Waals surface area contributed by atoms with Gasteiger partial charge in [-0.15, -0.1) is 0 Å². The standard InChI is InChI=1S/C25H27F3N6O2/c1-30-22-17-10-16(14-4-7-20(32-12-14)24(36)31-9-3-2-8-29)19(25(26,27)28)11-21(17)33-13-18(22)23(35)34-15-5-6-15/h4,7,10-13,15H,2-3,5-6,8-9,29H2,1H3,(H,30,33)(H,31,36)(H,34,35). The SMILES string of the molecule is CNc1c(C(=O)NC2CC2)cnc2cc(C(F)(F)F)c(-c3ccc(C(=O)NCCCCN)nc3)cc12. The average Bonchev–Trinajstić information content (AvgIpc) is 3.68. The van der Waals surface area contributed by atoms with Gasteiger partial charge in [-0.3, -0.25) is 19.6 Å². The second-order valence-corrected chi connectivity index (χ2v) is 8.64. The Labute approximate surface area is 205 Å². The van der Waals surface area contributed by atoms with E-state index in [0.29, 0.717) is 24.2 Å². The van der Waals surface area contributed by atoms with E-state index < -0.39 is 17.6 Å². The molecule has 0 unspecified atom stereocenters. The molecule has 1 aliphatic carbocycles. The van der Waals surface area contributed by atoms with Crippen molar-refractivity contribution in [3.05, 3.63) is 53.5 Å². The van der Waals surface area contributed by atoms with Crippen LogP contribution in [0, 0.1) is 0 Å². The van der Waals surface area contributed by atoms with E-state index in [1.165, 1.54) is 30.6 Å². The Morgan fingerprint density at radius 3 is 2.47 bits per heavy atom. The van der Waals surface area contributed by atoms with Gasteiger partial charge in [-0.2, -0.15) is 13.2 Å². The van der Waals surface area contributed by atoms with Crippen molar-refractivity contribution in [2.45, 2.75) is 37.9 Å². The van der Waals surface area contributed by atoms with Gasteiger partial charge in [0.25, 0.3) is 11.8 Å². The van der Waals surface area contributed by atoms with Gasteiger partial charge in [-0.05, 0) is 56.0 Å². The molecule has 1 aliphatic rings. The molecule has 5 N–H and O–H groups in total. The zero-order valence-electron chi connectivity index (χ0n) is 19.7. The van der Waals surface area contributed by atoms with Crippen LogP contribution in [0.5, 0.6) is 0 Å². The summed E-state index contributed by atoms with van der Waals surface area (Å²) in [6.07, 6.45) is 1.14. The van der Waals surface area contributed by atoms with Crippen molar-refractivity contribution in [2.75, 3.05) is 25.5 Å². The number of nitrogens with one attached hydrogen (secondary N) is 3. The van der Waals surface area contributed by atoms with Gasteiger partial charge in [0.1, 0.15) is 5.69 Å². The van der Waals surface area contributed by atoms with E-state index in [-0.39, 0.29) is 39.9 Å². The number of alkyl halides is 3. The molecule has 11 heteroatoms. The first-order chi connectivity index (χ1) is 17.2. The van der Waals surface area contributed by atoms with Crippen LogP contribution in [0.4, 0.5) is 18.9 Å². The molecule has 4 rings (SSSR count). The predicted molar refractivity (Wildman–Crippen MR) is 131 cm³/mol. The van der Waals surface area contributed by atoms with Crippen LogP contribution in [-0.4, -0.2) is 48.0 Å². The molecule has 0 atom stereocenters. The first-order valence-corrected chi connectivity index (χ1v) is 11.7. The molecule has 0 aliphatic heterocycles. The number of halogens is 3. The third-order valence-electron chi connectivity index (χ3n) is 5.94. The molecule has 2 amide bonds. The lowest BCUT2D eigenvalue weighted by Crippen LogP contribution is -2.26. The summed E-state index contributed by atoms with van der Waals surface area (Å²) in [6.45, 7) is 0.951. The maximum Gasteiger partial charge on any atom is 0.417 e. The number of rotatable bonds is 9. The molecular formula is C25H27F3N6O2. The number of nitrogens with two attached hydrogens (primary N) is 1. The lowest BCUT2D eigenvalue weighted by molar-refractivity contribution is -0.137. The number of benzene rings is 1. The number of carbonyl (C=O) groups is 2. The topological polar surface area (TPSA) is 122 Å². The van der Waals surface area contributed by atoms with Gasteiger partial charge in [-0.1, -0.05) is 6.07 Å². The highest BCUT2D eigenvalue weighted by molar-refractivity contribution is 6.08. The van der Waals surface area contributed by atoms with E-state index in [1.54, 1.807) is 7.05 Å². The third kappa shape index (κ3) is 5.56. The number of fused-ring (bicyclic) bond motifs is 1. The maximum absolute atomic E-state index is 14.0. The van der Waals surface area contributed by atoms with Crippen molar-refractivity contribution in [1.82, 2.24) is 20.6 Å². The Morgan fingerprint density at radius 2 is 1.86 bits per heavy atom. The number of anilines is 1. The Kier molecular flexibility index (Phi) is 7.39. The number of unbranched alkanes of at least 4 members (excludes halogenated alkanes) is 1. The summed E-state index contributed by atoms with van der Waals surface area (Å²) in [5.74, 6) is -0.748. The molecule has 0 bridgehead atoms. The normalized spacial score (nSPS) is 13.5. The van der Waals surface area contributed by atoms with Crippen molar-refractivity contribution >= 4 is 28.4 Å². The van der Waals surface area contributed by atoms with Crippen molar-refractivity contribution in [1.29, 1.82) is 0 Å². The molecule has 1 saturated carbocycles. The number of hydrogen-bond acceptors (Lipinski definition) is 6. The Morgan fingerprint density at radius 1 is 1.08 bits per heavy atom. The highest BCUT2D eigenvalue weighted by Gasteiger charge is 2.35. The van der Waals surface area contributed by atoms with Gasteiger partial charge in [0.15, 0.2) is 0 Å². The minimum Gasteiger partial charge on any atom is -0.387 e. The van der Waals surface area contributed by atoms with E-state index in [1.807, 2.05) is 0 Å². The van der Waals surface area contributed by atoms with Gasteiger partial charge < -0.3 is 21.7 Å². The van der Waals surface area contributed by atoms with Crippen LogP contribution in [0.25, 0.3) is 22.0 Å². The van der Waals surface area contributed by atoms with E-state index in [2.05, 4.69) is 25.9 Å². The zero-order chi connectivity index (χ0) is 25.9. The molecule has 8 nitrogen and oxygen atoms in total. The fourth-order valence-electron chi connectivity index (χ4n) is 3.89. The minimum atomic E-state index is -4.66. The van der Waals surface area contributed by atoms with Crippen LogP contribution in [0.2, 0.25) is 0 Å². The van der Waals surface area contributed by atoms with Crippen molar-refractivity contribution in [3.8, 4) is 11.1 Å². The smallest absolute Gasteiger partial charge is 0.387 e. The molecule has 190 valence electrons. The number of hydrogen-bond donors (Lipinski definition) is 4. The average molecular weight is 501 g/mol. The monoisotopic (exact) mass is 500 g/mol. The molecule has 36 heavy (non-hydrogen) atoms. The van der Waals surface area contributed by atoms with Gasteiger partial charge in [0, 0.05) is 43.0 Å². The Hall–Kier alpha value is -3.73. The van der Waals surface area contributed by atoms with Crippen LogP contribution in [0.3, 0.4) is 0 Å². The first kappa shape index (κ1) is 25.4. The molecule has 0 radical (unpaired) electrons. The summed E-state index contributed by atoms with van der Waals surface area (Å²) in [7, 11) is 1.60. The number of pyridine rings is 2. The largest absolute Gasteiger partial charge is 0.417 e. The molecule has 0 saturated heterocycles. The van der Waals surface area contributed by atoms with Crippen LogP contribution in [0.15, 0.2) is 36.7 Å². The van der Waals surface area contributed by atoms with Crippen LogP contribution in [-0.2, 0) is 6.18 Å².